The lowest BCUT2D eigenvalue weighted by molar-refractivity contribution is -0.130. The van der Waals surface area contributed by atoms with Gasteiger partial charge in [-0.3, -0.25) is 14.4 Å². The summed E-state index contributed by atoms with van der Waals surface area (Å²) in [6.07, 6.45) is 0. The third kappa shape index (κ3) is 3.13. The minimum absolute atomic E-state index is 0.112. The summed E-state index contributed by atoms with van der Waals surface area (Å²) in [5, 5.41) is 0. The second kappa shape index (κ2) is 9.33. The summed E-state index contributed by atoms with van der Waals surface area (Å²) in [5.41, 5.74) is 2.56. The van der Waals surface area contributed by atoms with E-state index in [1.807, 2.05) is 140 Å². The van der Waals surface area contributed by atoms with E-state index in [2.05, 4.69) is 0 Å². The van der Waals surface area contributed by atoms with E-state index < -0.39 is 22.7 Å². The molecule has 0 unspecified atom stereocenters. The lowest BCUT2D eigenvalue weighted by atomic mass is 9.59. The van der Waals surface area contributed by atoms with Crippen molar-refractivity contribution in [2.75, 3.05) is 4.90 Å². The molecule has 0 radical (unpaired) electrons. The number of carbonyl (C=O) groups excluding carboxylic acids is 3. The largest absolute Gasteiger partial charge is 0.297 e. The Kier molecular flexibility index (Phi) is 5.51. The van der Waals surface area contributed by atoms with Crippen molar-refractivity contribution in [1.82, 2.24) is 0 Å². The molecule has 43 heavy (non-hydrogen) atoms. The van der Waals surface area contributed by atoms with E-state index in [-0.39, 0.29) is 17.6 Å². The quantitative estimate of drug-likeness (QED) is 0.222. The van der Waals surface area contributed by atoms with Gasteiger partial charge in [-0.05, 0) is 45.5 Å². The maximum Gasteiger partial charge on any atom is 0.239 e. The first kappa shape index (κ1) is 25.4. The Bertz CT molecular complexity index is 1800. The molecule has 2 amide bonds. The minimum atomic E-state index is -1.38. The summed E-state index contributed by atoms with van der Waals surface area (Å²) in [7, 11) is 0. The van der Waals surface area contributed by atoms with Gasteiger partial charge in [-0.2, -0.15) is 0 Å². The van der Waals surface area contributed by atoms with Crippen molar-refractivity contribution in [1.29, 1.82) is 0 Å². The fourth-order valence-corrected chi connectivity index (χ4v) is 8.17. The molecule has 1 saturated carbocycles. The highest BCUT2D eigenvalue weighted by atomic mass is 16.2. The smallest absolute Gasteiger partial charge is 0.239 e. The molecule has 2 bridgehead atoms. The first-order chi connectivity index (χ1) is 21.1. The first-order valence-electron chi connectivity index (χ1n) is 14.6. The third-order valence-electron chi connectivity index (χ3n) is 9.59. The molecule has 0 N–H and O–H groups in total. The number of nitrogens with zero attached hydrogens (tertiary/aromatic N) is 1. The van der Waals surface area contributed by atoms with Crippen LogP contribution < -0.4 is 4.90 Å². The number of hydrogen-bond donors (Lipinski definition) is 0. The number of ketones is 1. The molecule has 0 aromatic heterocycles. The maximum atomic E-state index is 15.8. The zero-order valence-corrected chi connectivity index (χ0v) is 23.3. The Morgan fingerprint density at radius 3 is 1.12 bits per heavy atom. The van der Waals surface area contributed by atoms with Crippen LogP contribution in [0.1, 0.15) is 22.3 Å². The van der Waals surface area contributed by atoms with E-state index in [9.17, 15) is 9.59 Å². The van der Waals surface area contributed by atoms with Crippen LogP contribution >= 0.6 is 0 Å². The number of hydrogen-bond acceptors (Lipinski definition) is 3. The van der Waals surface area contributed by atoms with Crippen LogP contribution in [-0.2, 0) is 25.2 Å². The molecule has 4 nitrogen and oxygen atoms in total. The Morgan fingerprint density at radius 2 is 0.744 bits per heavy atom. The predicted molar refractivity (Wildman–Crippen MR) is 167 cm³/mol. The van der Waals surface area contributed by atoms with Crippen molar-refractivity contribution < 1.29 is 14.4 Å². The summed E-state index contributed by atoms with van der Waals surface area (Å²) in [6, 6.07) is 48.1. The van der Waals surface area contributed by atoms with Crippen molar-refractivity contribution in [3.63, 3.8) is 0 Å². The summed E-state index contributed by atoms with van der Waals surface area (Å²) < 4.78 is 0. The van der Waals surface area contributed by atoms with Gasteiger partial charge in [0.1, 0.15) is 0 Å². The Morgan fingerprint density at radius 1 is 0.419 bits per heavy atom. The number of Topliss-reactive ketones (excluding diaryl/α,β-unsaturated/α-hetero) is 1. The molecule has 3 aliphatic rings. The summed E-state index contributed by atoms with van der Waals surface area (Å²) in [5.74, 6) is -2.62. The molecule has 5 aromatic carbocycles. The van der Waals surface area contributed by atoms with Crippen LogP contribution in [0.4, 0.5) is 5.69 Å². The minimum Gasteiger partial charge on any atom is -0.297 e. The van der Waals surface area contributed by atoms with Gasteiger partial charge >= 0.3 is 0 Å². The highest BCUT2D eigenvalue weighted by Gasteiger charge is 2.82. The van der Waals surface area contributed by atoms with E-state index >= 15 is 4.79 Å². The van der Waals surface area contributed by atoms with E-state index in [1.54, 1.807) is 12.1 Å². The molecule has 2 fully saturated rings. The molecular formula is C39H27NO3. The highest BCUT2D eigenvalue weighted by molar-refractivity contribution is 6.39. The first-order valence-corrected chi connectivity index (χ1v) is 14.6. The van der Waals surface area contributed by atoms with Crippen LogP contribution in [0.15, 0.2) is 152 Å². The van der Waals surface area contributed by atoms with Crippen molar-refractivity contribution in [2.24, 2.45) is 11.8 Å². The Hall–Kier alpha value is -5.35. The lowest BCUT2D eigenvalue weighted by Crippen LogP contribution is -2.45. The van der Waals surface area contributed by atoms with Crippen LogP contribution in [-0.4, -0.2) is 17.6 Å². The van der Waals surface area contributed by atoms with E-state index in [1.165, 1.54) is 4.90 Å². The number of para-hydroxylation sites is 1. The van der Waals surface area contributed by atoms with Gasteiger partial charge in [0.15, 0.2) is 5.78 Å². The second-order valence-corrected chi connectivity index (χ2v) is 11.5. The number of imide groups is 1. The fourth-order valence-electron chi connectivity index (χ4n) is 8.17. The molecule has 0 spiro atoms. The molecule has 1 aliphatic heterocycles. The monoisotopic (exact) mass is 557 g/mol. The molecule has 4 atom stereocenters. The van der Waals surface area contributed by atoms with Crippen molar-refractivity contribution in [3.05, 3.63) is 174 Å². The van der Waals surface area contributed by atoms with E-state index in [0.29, 0.717) is 5.69 Å². The zero-order chi connectivity index (χ0) is 29.2. The molecular weight excluding hydrogens is 530 g/mol. The molecule has 8 rings (SSSR count). The normalized spacial score (nSPS) is 25.9. The molecule has 2 aliphatic carbocycles. The number of fused-ring (bicyclic) bond motifs is 5. The van der Waals surface area contributed by atoms with Gasteiger partial charge in [0, 0.05) is 0 Å². The van der Waals surface area contributed by atoms with Gasteiger partial charge in [0.25, 0.3) is 0 Å². The third-order valence-corrected chi connectivity index (χ3v) is 9.59. The van der Waals surface area contributed by atoms with Gasteiger partial charge in [0.05, 0.1) is 28.4 Å². The topological polar surface area (TPSA) is 54.5 Å². The number of benzene rings is 5. The summed E-state index contributed by atoms with van der Waals surface area (Å²) >= 11 is 0. The van der Waals surface area contributed by atoms with Crippen LogP contribution in [0.5, 0.6) is 0 Å². The lowest BCUT2D eigenvalue weighted by Gasteiger charge is -2.39. The molecule has 206 valence electrons. The molecule has 1 heterocycles. The van der Waals surface area contributed by atoms with Crippen LogP contribution in [0, 0.1) is 11.8 Å². The van der Waals surface area contributed by atoms with E-state index in [0.717, 1.165) is 33.4 Å². The van der Waals surface area contributed by atoms with Gasteiger partial charge < -0.3 is 0 Å². The zero-order valence-electron chi connectivity index (χ0n) is 23.3. The number of allylic oxidation sites excluding steroid dienone is 2. The average Bonchev–Trinajstić information content (AvgIpc) is 3.59. The molecule has 1 saturated heterocycles. The number of carbonyl (C=O) groups is 3. The van der Waals surface area contributed by atoms with Gasteiger partial charge in [0.2, 0.25) is 11.8 Å². The summed E-state index contributed by atoms with van der Waals surface area (Å²) in [4.78, 5) is 46.8. The van der Waals surface area contributed by atoms with Crippen molar-refractivity contribution in [2.45, 2.75) is 10.8 Å². The number of anilines is 1. The predicted octanol–water partition coefficient (Wildman–Crippen LogP) is 6.88. The summed E-state index contributed by atoms with van der Waals surface area (Å²) in [6.45, 7) is 0. The van der Waals surface area contributed by atoms with Crippen LogP contribution in [0.2, 0.25) is 0 Å². The van der Waals surface area contributed by atoms with Crippen molar-refractivity contribution in [3.8, 4) is 0 Å². The number of rotatable bonds is 5. The maximum absolute atomic E-state index is 15.8. The Balaban J connectivity index is 1.57. The van der Waals surface area contributed by atoms with Gasteiger partial charge in [-0.15, -0.1) is 0 Å². The van der Waals surface area contributed by atoms with Gasteiger partial charge in [-0.25, -0.2) is 4.90 Å². The van der Waals surface area contributed by atoms with Gasteiger partial charge in [-0.1, -0.05) is 140 Å². The van der Waals surface area contributed by atoms with E-state index in [4.69, 9.17) is 0 Å². The molecule has 4 heteroatoms. The van der Waals surface area contributed by atoms with Crippen LogP contribution in [0.3, 0.4) is 0 Å². The standard InChI is InChI=1S/C39H27NO3/c41-35-33-34(36(42)40(35)30-24-14-5-15-25-30)39(29-22-12-4-13-23-29)32(27-18-8-2-9-19-27)31(26-16-6-1-7-17-26)38(33,37(39)43)28-20-10-3-11-21-28/h1-25,33-34H/t33-,34+,38-,39-/m1/s1. The average molecular weight is 558 g/mol. The number of amides is 2. The van der Waals surface area contributed by atoms with Crippen LogP contribution in [0.25, 0.3) is 11.1 Å². The molecule has 5 aromatic rings. The Labute approximate surface area is 249 Å². The fraction of sp³-hybridized carbons (Fsp3) is 0.103. The van der Waals surface area contributed by atoms with Crippen molar-refractivity contribution >= 4 is 34.4 Å². The SMILES string of the molecule is O=C1[C@@H]2[C@H](C(=O)N1c1ccccc1)[C@]1(c3ccccc3)C(=O)[C@]2(c2ccccc2)C(c2ccccc2)=C1c1ccccc1. The second-order valence-electron chi connectivity index (χ2n) is 11.5. The highest BCUT2D eigenvalue weighted by Crippen LogP contribution is 2.74.